The van der Waals surface area contributed by atoms with Gasteiger partial charge in [-0.2, -0.15) is 0 Å². The Morgan fingerprint density at radius 2 is 2.18 bits per heavy atom. The molecule has 1 heterocycles. The third-order valence-electron chi connectivity index (χ3n) is 4.27. The quantitative estimate of drug-likeness (QED) is 0.787. The first-order chi connectivity index (χ1) is 8.25. The normalized spacial score (nSPS) is 33.6. The number of hydrogen-bond donors (Lipinski definition) is 2. The number of rotatable bonds is 4. The fourth-order valence-electron chi connectivity index (χ4n) is 3.25. The highest BCUT2D eigenvalue weighted by atomic mass is 16.2. The molecule has 1 saturated carbocycles. The Labute approximate surface area is 105 Å². The van der Waals surface area contributed by atoms with Gasteiger partial charge in [0, 0.05) is 6.54 Å². The van der Waals surface area contributed by atoms with Crippen LogP contribution in [-0.4, -0.2) is 25.0 Å². The van der Waals surface area contributed by atoms with E-state index in [-0.39, 0.29) is 11.9 Å². The molecule has 0 aromatic carbocycles. The van der Waals surface area contributed by atoms with Crippen molar-refractivity contribution in [3.8, 4) is 0 Å². The lowest BCUT2D eigenvalue weighted by molar-refractivity contribution is -0.122. The summed E-state index contributed by atoms with van der Waals surface area (Å²) in [6.07, 6.45) is 8.81. The number of hydrogen-bond acceptors (Lipinski definition) is 2. The van der Waals surface area contributed by atoms with Gasteiger partial charge in [-0.1, -0.05) is 26.2 Å². The fourth-order valence-corrected chi connectivity index (χ4v) is 3.25. The van der Waals surface area contributed by atoms with Crippen molar-refractivity contribution < 1.29 is 4.79 Å². The predicted molar refractivity (Wildman–Crippen MR) is 69.8 cm³/mol. The average molecular weight is 238 g/mol. The van der Waals surface area contributed by atoms with Crippen molar-refractivity contribution in [3.05, 3.63) is 0 Å². The molecule has 2 fully saturated rings. The van der Waals surface area contributed by atoms with Crippen molar-refractivity contribution in [2.45, 2.75) is 57.9 Å². The maximum absolute atomic E-state index is 11.8. The van der Waals surface area contributed by atoms with Crippen molar-refractivity contribution in [1.82, 2.24) is 10.6 Å². The van der Waals surface area contributed by atoms with Crippen LogP contribution in [0, 0.1) is 11.8 Å². The van der Waals surface area contributed by atoms with Crippen LogP contribution < -0.4 is 10.6 Å². The summed E-state index contributed by atoms with van der Waals surface area (Å²) in [7, 11) is 0. The van der Waals surface area contributed by atoms with E-state index < -0.39 is 0 Å². The minimum Gasteiger partial charge on any atom is -0.355 e. The molecule has 2 unspecified atom stereocenters. The fraction of sp³-hybridized carbons (Fsp3) is 0.929. The number of nitrogens with one attached hydrogen (secondary N) is 2. The smallest absolute Gasteiger partial charge is 0.237 e. The van der Waals surface area contributed by atoms with E-state index in [4.69, 9.17) is 0 Å². The van der Waals surface area contributed by atoms with Crippen molar-refractivity contribution in [3.63, 3.8) is 0 Å². The van der Waals surface area contributed by atoms with Gasteiger partial charge in [0.05, 0.1) is 6.04 Å². The van der Waals surface area contributed by atoms with Gasteiger partial charge in [0.15, 0.2) is 0 Å². The number of carbonyl (C=O) groups excluding carboxylic acids is 1. The maximum Gasteiger partial charge on any atom is 0.237 e. The van der Waals surface area contributed by atoms with Crippen LogP contribution in [0.25, 0.3) is 0 Å². The molecule has 1 amide bonds. The molecule has 0 radical (unpaired) electrons. The van der Waals surface area contributed by atoms with Crippen molar-refractivity contribution in [2.24, 2.45) is 11.8 Å². The second kappa shape index (κ2) is 6.39. The van der Waals surface area contributed by atoms with Gasteiger partial charge in [-0.05, 0) is 44.1 Å². The summed E-state index contributed by atoms with van der Waals surface area (Å²) in [5.41, 5.74) is 0. The highest BCUT2D eigenvalue weighted by Crippen LogP contribution is 2.30. The number of amides is 1. The molecular formula is C14H26N2O. The molecule has 0 bridgehead atoms. The Balaban J connectivity index is 1.60. The summed E-state index contributed by atoms with van der Waals surface area (Å²) in [6, 6.07) is 0.0836. The van der Waals surface area contributed by atoms with Gasteiger partial charge in [-0.15, -0.1) is 0 Å². The van der Waals surface area contributed by atoms with Gasteiger partial charge < -0.3 is 10.6 Å². The van der Waals surface area contributed by atoms with Gasteiger partial charge in [-0.25, -0.2) is 0 Å². The monoisotopic (exact) mass is 238 g/mol. The molecule has 1 saturated heterocycles. The van der Waals surface area contributed by atoms with Crippen LogP contribution in [0.2, 0.25) is 0 Å². The molecule has 2 N–H and O–H groups in total. The Morgan fingerprint density at radius 1 is 1.29 bits per heavy atom. The molecule has 1 aliphatic heterocycles. The maximum atomic E-state index is 11.8. The second-order valence-electron chi connectivity index (χ2n) is 5.87. The van der Waals surface area contributed by atoms with Crippen LogP contribution in [0.1, 0.15) is 51.9 Å². The molecule has 2 rings (SSSR count). The van der Waals surface area contributed by atoms with Gasteiger partial charge >= 0.3 is 0 Å². The highest BCUT2D eigenvalue weighted by Gasteiger charge is 2.22. The zero-order valence-electron chi connectivity index (χ0n) is 11.0. The van der Waals surface area contributed by atoms with Gasteiger partial charge in [0.25, 0.3) is 0 Å². The van der Waals surface area contributed by atoms with Crippen LogP contribution in [0.15, 0.2) is 0 Å². The van der Waals surface area contributed by atoms with Crippen molar-refractivity contribution in [1.29, 1.82) is 0 Å². The van der Waals surface area contributed by atoms with E-state index in [0.29, 0.717) is 0 Å². The number of carbonyl (C=O) groups is 1. The van der Waals surface area contributed by atoms with Crippen LogP contribution in [0.4, 0.5) is 0 Å². The molecule has 1 aliphatic carbocycles. The summed E-state index contributed by atoms with van der Waals surface area (Å²) in [5.74, 6) is 1.95. The highest BCUT2D eigenvalue weighted by molar-refractivity contribution is 5.81. The van der Waals surface area contributed by atoms with Crippen LogP contribution in [0.5, 0.6) is 0 Å². The first-order valence-electron chi connectivity index (χ1n) is 7.27. The predicted octanol–water partition coefficient (Wildman–Crippen LogP) is 2.07. The van der Waals surface area contributed by atoms with E-state index >= 15 is 0 Å². The van der Waals surface area contributed by atoms with E-state index in [0.717, 1.165) is 37.8 Å². The lowest BCUT2D eigenvalue weighted by atomic mass is 9.81. The topological polar surface area (TPSA) is 41.1 Å². The van der Waals surface area contributed by atoms with E-state index in [1.165, 1.54) is 32.1 Å². The van der Waals surface area contributed by atoms with Crippen LogP contribution in [0.3, 0.4) is 0 Å². The molecule has 3 heteroatoms. The zero-order chi connectivity index (χ0) is 12.1. The summed E-state index contributed by atoms with van der Waals surface area (Å²) in [4.78, 5) is 11.8. The van der Waals surface area contributed by atoms with Crippen LogP contribution in [-0.2, 0) is 4.79 Å². The van der Waals surface area contributed by atoms with Crippen molar-refractivity contribution >= 4 is 5.91 Å². The molecule has 98 valence electrons. The lowest BCUT2D eigenvalue weighted by Crippen LogP contribution is -2.41. The second-order valence-corrected chi connectivity index (χ2v) is 5.87. The molecule has 0 aromatic rings. The minimum absolute atomic E-state index is 0.0836. The standard InChI is InChI=1S/C14H26N2O/c1-11-4-2-5-12(10-11)7-9-16-14(17)13-6-3-8-15-13/h11-13,15H,2-10H2,1H3,(H,16,17)/t11?,12?,13-/m0/s1. The van der Waals surface area contributed by atoms with E-state index in [2.05, 4.69) is 17.6 Å². The van der Waals surface area contributed by atoms with Gasteiger partial charge in [0.1, 0.15) is 0 Å². The van der Waals surface area contributed by atoms with Gasteiger partial charge in [-0.3, -0.25) is 4.79 Å². The van der Waals surface area contributed by atoms with Crippen molar-refractivity contribution in [2.75, 3.05) is 13.1 Å². The van der Waals surface area contributed by atoms with E-state index in [1.54, 1.807) is 0 Å². The molecule has 17 heavy (non-hydrogen) atoms. The van der Waals surface area contributed by atoms with Crippen LogP contribution >= 0.6 is 0 Å². The van der Waals surface area contributed by atoms with E-state index in [1.807, 2.05) is 0 Å². The molecule has 2 aliphatic rings. The minimum atomic E-state index is 0.0836. The Hall–Kier alpha value is -0.570. The lowest BCUT2D eigenvalue weighted by Gasteiger charge is -2.26. The third-order valence-corrected chi connectivity index (χ3v) is 4.27. The summed E-state index contributed by atoms with van der Waals surface area (Å²) >= 11 is 0. The third kappa shape index (κ3) is 3.98. The largest absolute Gasteiger partial charge is 0.355 e. The molecular weight excluding hydrogens is 212 g/mol. The first kappa shape index (κ1) is 12.9. The Morgan fingerprint density at radius 3 is 2.88 bits per heavy atom. The SMILES string of the molecule is CC1CCCC(CCNC(=O)[C@@H]2CCCN2)C1. The first-order valence-corrected chi connectivity index (χ1v) is 7.27. The zero-order valence-corrected chi connectivity index (χ0v) is 11.0. The molecule has 3 atom stereocenters. The summed E-state index contributed by atoms with van der Waals surface area (Å²) < 4.78 is 0. The van der Waals surface area contributed by atoms with Gasteiger partial charge in [0.2, 0.25) is 5.91 Å². The summed E-state index contributed by atoms with van der Waals surface area (Å²) in [6.45, 7) is 4.22. The molecule has 3 nitrogen and oxygen atoms in total. The Kier molecular flexibility index (Phi) is 4.84. The average Bonchev–Trinajstić information content (AvgIpc) is 2.82. The van der Waals surface area contributed by atoms with E-state index in [9.17, 15) is 4.79 Å². The Bertz CT molecular complexity index is 249. The molecule has 0 spiro atoms. The summed E-state index contributed by atoms with van der Waals surface area (Å²) in [5, 5.41) is 6.33. The molecule has 0 aromatic heterocycles.